The van der Waals surface area contributed by atoms with Crippen LogP contribution in [-0.2, 0) is 14.3 Å². The summed E-state index contributed by atoms with van der Waals surface area (Å²) in [6.07, 6.45) is 6.03. The number of hydrazine groups is 1. The van der Waals surface area contributed by atoms with Crippen molar-refractivity contribution >= 4 is 29.2 Å². The fourth-order valence-corrected chi connectivity index (χ4v) is 3.00. The van der Waals surface area contributed by atoms with E-state index in [-0.39, 0.29) is 18.3 Å². The van der Waals surface area contributed by atoms with Gasteiger partial charge in [-0.1, -0.05) is 19.3 Å². The van der Waals surface area contributed by atoms with Gasteiger partial charge >= 0.3 is 5.97 Å². The number of hydrogen-bond donors (Lipinski definition) is 2. The molecule has 2 fully saturated rings. The Labute approximate surface area is 124 Å². The summed E-state index contributed by atoms with van der Waals surface area (Å²) in [5.41, 5.74) is 2.70. The fraction of sp³-hybridized carbons (Fsp3) is 0.769. The van der Waals surface area contributed by atoms with Crippen LogP contribution < -0.4 is 10.7 Å². The lowest BCUT2D eigenvalue weighted by Crippen LogP contribution is -2.58. The second-order valence-corrected chi connectivity index (χ2v) is 5.74. The number of methoxy groups -OCH3 is 1. The number of ether oxygens (including phenoxy) is 1. The summed E-state index contributed by atoms with van der Waals surface area (Å²) < 4.78 is 4.71. The van der Waals surface area contributed by atoms with Crippen LogP contribution in [0.25, 0.3) is 0 Å². The first kappa shape index (κ1) is 15.0. The zero-order valence-electron chi connectivity index (χ0n) is 11.7. The lowest BCUT2D eigenvalue weighted by molar-refractivity contribution is -0.150. The van der Waals surface area contributed by atoms with E-state index in [9.17, 15) is 9.59 Å². The molecule has 112 valence electrons. The van der Waals surface area contributed by atoms with Gasteiger partial charge < -0.3 is 10.1 Å². The average Bonchev–Trinajstić information content (AvgIpc) is 2.46. The van der Waals surface area contributed by atoms with E-state index in [0.717, 1.165) is 12.8 Å². The molecule has 1 saturated heterocycles. The summed E-state index contributed by atoms with van der Waals surface area (Å²) >= 11 is 5.33. The zero-order valence-corrected chi connectivity index (χ0v) is 12.5. The van der Waals surface area contributed by atoms with Crippen LogP contribution in [0.3, 0.4) is 0 Å². The van der Waals surface area contributed by atoms with Gasteiger partial charge in [-0.25, -0.2) is 0 Å². The van der Waals surface area contributed by atoms with Crippen LogP contribution in [-0.4, -0.2) is 41.7 Å². The third-order valence-electron chi connectivity index (χ3n) is 3.81. The number of carbonyl (C=O) groups excluding carboxylic acids is 2. The van der Waals surface area contributed by atoms with Gasteiger partial charge in [-0.05, 0) is 25.1 Å². The van der Waals surface area contributed by atoms with E-state index >= 15 is 0 Å². The Hall–Kier alpha value is -1.37. The second-order valence-electron chi connectivity index (χ2n) is 5.35. The molecule has 1 unspecified atom stereocenters. The quantitative estimate of drug-likeness (QED) is 0.578. The fourth-order valence-electron chi connectivity index (χ4n) is 2.71. The molecular formula is C13H21N3O3S. The molecule has 0 aromatic heterocycles. The molecule has 7 heteroatoms. The third kappa shape index (κ3) is 3.82. The highest BCUT2D eigenvalue weighted by molar-refractivity contribution is 7.80. The Bertz CT molecular complexity index is 396. The van der Waals surface area contributed by atoms with Crippen LogP contribution in [0.5, 0.6) is 0 Å². The SMILES string of the molecule is COC(=O)C1CC(=O)NN(C(=S)NC2CCCCC2)C1. The van der Waals surface area contributed by atoms with Crippen molar-refractivity contribution in [3.05, 3.63) is 0 Å². The first-order chi connectivity index (χ1) is 9.60. The maximum absolute atomic E-state index is 11.7. The molecule has 1 amide bonds. The monoisotopic (exact) mass is 299 g/mol. The third-order valence-corrected chi connectivity index (χ3v) is 4.15. The first-order valence-electron chi connectivity index (χ1n) is 7.05. The average molecular weight is 299 g/mol. The van der Waals surface area contributed by atoms with E-state index < -0.39 is 5.92 Å². The van der Waals surface area contributed by atoms with Crippen molar-refractivity contribution in [3.8, 4) is 0 Å². The molecule has 1 heterocycles. The van der Waals surface area contributed by atoms with Crippen molar-refractivity contribution in [2.45, 2.75) is 44.6 Å². The van der Waals surface area contributed by atoms with E-state index in [1.165, 1.54) is 26.4 Å². The summed E-state index contributed by atoms with van der Waals surface area (Å²) in [4.78, 5) is 23.2. The number of carbonyl (C=O) groups is 2. The number of hydrogen-bond acceptors (Lipinski definition) is 4. The highest BCUT2D eigenvalue weighted by Gasteiger charge is 2.32. The topological polar surface area (TPSA) is 70.7 Å². The van der Waals surface area contributed by atoms with E-state index in [0.29, 0.717) is 17.7 Å². The molecule has 0 radical (unpaired) electrons. The Balaban J connectivity index is 1.90. The summed E-state index contributed by atoms with van der Waals surface area (Å²) in [5, 5.41) is 5.32. The number of rotatable bonds is 2. The van der Waals surface area contributed by atoms with Gasteiger partial charge in [0.2, 0.25) is 5.91 Å². The van der Waals surface area contributed by atoms with Crippen LogP contribution in [0.15, 0.2) is 0 Å². The number of esters is 1. The van der Waals surface area contributed by atoms with E-state index in [1.54, 1.807) is 5.01 Å². The molecule has 1 aliphatic carbocycles. The molecular weight excluding hydrogens is 278 g/mol. The molecule has 0 spiro atoms. The van der Waals surface area contributed by atoms with Crippen LogP contribution in [0.1, 0.15) is 38.5 Å². The van der Waals surface area contributed by atoms with Gasteiger partial charge in [0.25, 0.3) is 0 Å². The van der Waals surface area contributed by atoms with Gasteiger partial charge in [0.1, 0.15) is 0 Å². The normalized spacial score (nSPS) is 23.9. The van der Waals surface area contributed by atoms with Crippen molar-refractivity contribution in [2.24, 2.45) is 5.92 Å². The summed E-state index contributed by atoms with van der Waals surface area (Å²) in [5.74, 6) is -1.04. The van der Waals surface area contributed by atoms with Gasteiger partial charge in [-0.15, -0.1) is 0 Å². The molecule has 6 nitrogen and oxygen atoms in total. The Morgan fingerprint density at radius 3 is 2.75 bits per heavy atom. The van der Waals surface area contributed by atoms with E-state index in [2.05, 4.69) is 10.7 Å². The Morgan fingerprint density at radius 1 is 1.40 bits per heavy atom. The number of amides is 1. The molecule has 0 aromatic carbocycles. The summed E-state index contributed by atoms with van der Waals surface area (Å²) in [6.45, 7) is 0.358. The minimum atomic E-state index is -0.458. The molecule has 2 rings (SSSR count). The molecule has 0 aromatic rings. The standard InChI is InChI=1S/C13H21N3O3S/c1-19-12(18)9-7-11(17)15-16(8-9)13(20)14-10-5-3-2-4-6-10/h9-10H,2-8H2,1H3,(H,14,20)(H,15,17). The smallest absolute Gasteiger partial charge is 0.311 e. The molecule has 2 N–H and O–H groups in total. The van der Waals surface area contributed by atoms with Crippen LogP contribution >= 0.6 is 12.2 Å². The van der Waals surface area contributed by atoms with Crippen molar-refractivity contribution in [2.75, 3.05) is 13.7 Å². The Morgan fingerprint density at radius 2 is 2.10 bits per heavy atom. The second kappa shape index (κ2) is 6.88. The molecule has 0 bridgehead atoms. The zero-order chi connectivity index (χ0) is 14.5. The largest absolute Gasteiger partial charge is 0.469 e. The van der Waals surface area contributed by atoms with Gasteiger partial charge in [0, 0.05) is 12.5 Å². The van der Waals surface area contributed by atoms with Crippen LogP contribution in [0, 0.1) is 5.92 Å². The summed E-state index contributed by atoms with van der Waals surface area (Å²) in [7, 11) is 1.33. The number of nitrogens with zero attached hydrogens (tertiary/aromatic N) is 1. The molecule has 1 saturated carbocycles. The highest BCUT2D eigenvalue weighted by atomic mass is 32.1. The van der Waals surface area contributed by atoms with Crippen molar-refractivity contribution in [1.82, 2.24) is 15.8 Å². The molecule has 1 aliphatic heterocycles. The van der Waals surface area contributed by atoms with Crippen LogP contribution in [0.4, 0.5) is 0 Å². The molecule has 1 atom stereocenters. The minimum absolute atomic E-state index is 0.148. The maximum Gasteiger partial charge on any atom is 0.311 e. The number of nitrogens with one attached hydrogen (secondary N) is 2. The maximum atomic E-state index is 11.7. The van der Waals surface area contributed by atoms with Crippen LogP contribution in [0.2, 0.25) is 0 Å². The predicted molar refractivity (Wildman–Crippen MR) is 77.6 cm³/mol. The summed E-state index contributed by atoms with van der Waals surface area (Å²) in [6, 6.07) is 0.367. The highest BCUT2D eigenvalue weighted by Crippen LogP contribution is 2.18. The van der Waals surface area contributed by atoms with Gasteiger partial charge in [-0.3, -0.25) is 20.0 Å². The lowest BCUT2D eigenvalue weighted by Gasteiger charge is -2.35. The Kier molecular flexibility index (Phi) is 5.17. The first-order valence-corrected chi connectivity index (χ1v) is 7.46. The molecule has 2 aliphatic rings. The van der Waals surface area contributed by atoms with E-state index in [1.807, 2.05) is 0 Å². The minimum Gasteiger partial charge on any atom is -0.469 e. The van der Waals surface area contributed by atoms with Crippen molar-refractivity contribution in [3.63, 3.8) is 0 Å². The number of thiocarbonyl (C=S) groups is 1. The van der Waals surface area contributed by atoms with E-state index in [4.69, 9.17) is 17.0 Å². The van der Waals surface area contributed by atoms with Gasteiger partial charge in [-0.2, -0.15) is 0 Å². The lowest BCUT2D eigenvalue weighted by atomic mass is 9.96. The van der Waals surface area contributed by atoms with Gasteiger partial charge in [0.15, 0.2) is 5.11 Å². The van der Waals surface area contributed by atoms with Gasteiger partial charge in [0.05, 0.1) is 19.6 Å². The van der Waals surface area contributed by atoms with Crippen molar-refractivity contribution in [1.29, 1.82) is 0 Å². The van der Waals surface area contributed by atoms with Crippen molar-refractivity contribution < 1.29 is 14.3 Å². The molecule has 20 heavy (non-hydrogen) atoms. The predicted octanol–water partition coefficient (Wildman–Crippen LogP) is 0.720.